The Morgan fingerprint density at radius 1 is 1.10 bits per heavy atom. The summed E-state index contributed by atoms with van der Waals surface area (Å²) in [5.41, 5.74) is 2.84. The molecule has 3 N–H and O–H groups in total. The molecule has 1 aliphatic heterocycles. The lowest BCUT2D eigenvalue weighted by molar-refractivity contribution is -0.111. The number of aromatic amines is 1. The number of halogens is 2. The molecule has 0 radical (unpaired) electrons. The summed E-state index contributed by atoms with van der Waals surface area (Å²) in [5, 5.41) is 17.6. The highest BCUT2D eigenvalue weighted by atomic mass is 35.5. The Labute approximate surface area is 251 Å². The molecule has 1 aliphatic rings. The van der Waals surface area contributed by atoms with Crippen LogP contribution in [-0.4, -0.2) is 55.9 Å². The van der Waals surface area contributed by atoms with E-state index in [9.17, 15) is 9.59 Å². The van der Waals surface area contributed by atoms with Crippen LogP contribution in [0, 0.1) is 0 Å². The number of nitrogens with one attached hydrogen (secondary N) is 3. The topological polar surface area (TPSA) is 149 Å². The summed E-state index contributed by atoms with van der Waals surface area (Å²) >= 11 is 12.9. The number of aryl methyl sites for hydroxylation is 1. The molecular weight excluding hydrogens is 583 g/mol. The molecule has 3 heterocycles. The molecule has 2 amide bonds. The number of ether oxygens (including phenoxy) is 2. The predicted octanol–water partition coefficient (Wildman–Crippen LogP) is 6.07. The average Bonchev–Trinajstić information content (AvgIpc) is 3.63. The van der Waals surface area contributed by atoms with Crippen molar-refractivity contribution in [3.8, 4) is 22.7 Å². The van der Waals surface area contributed by atoms with Gasteiger partial charge in [-0.05, 0) is 53.6 Å². The van der Waals surface area contributed by atoms with Crippen LogP contribution in [0.15, 0.2) is 42.7 Å². The number of carbonyl (C=O) groups excluding carboxylic acids is 2. The number of hydrogen-bond donors (Lipinski definition) is 3. The lowest BCUT2D eigenvalue weighted by atomic mass is 10.1. The number of amides is 2. The fourth-order valence-corrected chi connectivity index (χ4v) is 5.01. The third-order valence-corrected chi connectivity index (χ3v) is 7.06. The summed E-state index contributed by atoms with van der Waals surface area (Å²) < 4.78 is 12.4. The zero-order valence-corrected chi connectivity index (χ0v) is 24.2. The van der Waals surface area contributed by atoms with Crippen molar-refractivity contribution >= 4 is 52.7 Å². The van der Waals surface area contributed by atoms with E-state index in [-0.39, 0.29) is 0 Å². The zero-order valence-electron chi connectivity index (χ0n) is 22.7. The third-order valence-electron chi connectivity index (χ3n) is 6.55. The van der Waals surface area contributed by atoms with Crippen molar-refractivity contribution in [1.29, 1.82) is 0 Å². The van der Waals surface area contributed by atoms with E-state index in [1.165, 1.54) is 24.2 Å². The van der Waals surface area contributed by atoms with Gasteiger partial charge in [0.15, 0.2) is 0 Å². The van der Waals surface area contributed by atoms with E-state index in [1.807, 2.05) is 0 Å². The molecule has 2 bridgehead atoms. The molecule has 0 spiro atoms. The molecule has 2 aromatic heterocycles. The largest absolute Gasteiger partial charge is 0.493 e. The first-order valence-electron chi connectivity index (χ1n) is 13.3. The van der Waals surface area contributed by atoms with Crippen LogP contribution in [0.25, 0.3) is 23.0 Å². The smallest absolute Gasteiger partial charge is 0.411 e. The van der Waals surface area contributed by atoms with Gasteiger partial charge in [0.1, 0.15) is 28.7 Å². The van der Waals surface area contributed by atoms with E-state index in [1.54, 1.807) is 36.4 Å². The van der Waals surface area contributed by atoms with E-state index in [4.69, 9.17) is 37.7 Å². The molecule has 0 atom stereocenters. The van der Waals surface area contributed by atoms with Crippen LogP contribution in [0.1, 0.15) is 43.5 Å². The van der Waals surface area contributed by atoms with Crippen LogP contribution in [0.4, 0.5) is 16.2 Å². The zero-order chi connectivity index (χ0) is 29.5. The number of fused-ring (bicyclic) bond motifs is 4. The molecule has 14 heteroatoms. The molecule has 218 valence electrons. The highest BCUT2D eigenvalue weighted by molar-refractivity contribution is 6.32. The molecule has 42 heavy (non-hydrogen) atoms. The van der Waals surface area contributed by atoms with Gasteiger partial charge in [-0.15, -0.1) is 5.10 Å². The predicted molar refractivity (Wildman–Crippen MR) is 159 cm³/mol. The van der Waals surface area contributed by atoms with Crippen LogP contribution in [0.5, 0.6) is 5.75 Å². The first kappa shape index (κ1) is 29.1. The Morgan fingerprint density at radius 3 is 2.74 bits per heavy atom. The van der Waals surface area contributed by atoms with Gasteiger partial charge >= 0.3 is 6.09 Å². The van der Waals surface area contributed by atoms with E-state index >= 15 is 0 Å². The molecule has 12 nitrogen and oxygen atoms in total. The van der Waals surface area contributed by atoms with Crippen molar-refractivity contribution in [2.45, 2.75) is 38.5 Å². The quantitative estimate of drug-likeness (QED) is 0.230. The Kier molecular flexibility index (Phi) is 9.35. The molecule has 0 saturated carbocycles. The summed E-state index contributed by atoms with van der Waals surface area (Å²) in [6.07, 6.45) is 9.45. The Balaban J connectivity index is 1.53. The number of hydrogen-bond acceptors (Lipinski definition) is 8. The second-order valence-electron chi connectivity index (χ2n) is 9.51. The van der Waals surface area contributed by atoms with Gasteiger partial charge in [-0.25, -0.2) is 9.78 Å². The number of tetrazole rings is 1. The summed E-state index contributed by atoms with van der Waals surface area (Å²) in [6, 6.07) is 8.39. The number of nitrogens with zero attached hydrogens (tertiary/aromatic N) is 5. The maximum Gasteiger partial charge on any atom is 0.411 e. The highest BCUT2D eigenvalue weighted by Gasteiger charge is 2.23. The minimum atomic E-state index is -0.673. The lowest BCUT2D eigenvalue weighted by Gasteiger charge is -2.18. The van der Waals surface area contributed by atoms with Crippen LogP contribution < -0.4 is 15.4 Å². The van der Waals surface area contributed by atoms with Gasteiger partial charge in [0, 0.05) is 34.8 Å². The molecule has 5 rings (SSSR count). The normalized spacial score (nSPS) is 13.7. The average molecular weight is 611 g/mol. The summed E-state index contributed by atoms with van der Waals surface area (Å²) in [4.78, 5) is 33.3. The second kappa shape index (κ2) is 13.5. The first-order chi connectivity index (χ1) is 20.4. The maximum absolute atomic E-state index is 13.3. The summed E-state index contributed by atoms with van der Waals surface area (Å²) in [7, 11) is 1.26. The number of aromatic nitrogens is 6. The van der Waals surface area contributed by atoms with Crippen LogP contribution in [0.2, 0.25) is 10.2 Å². The number of benzene rings is 2. The van der Waals surface area contributed by atoms with Crippen molar-refractivity contribution in [2.24, 2.45) is 0 Å². The number of methoxy groups -OCH3 is 1. The van der Waals surface area contributed by atoms with Gasteiger partial charge in [-0.3, -0.25) is 10.1 Å². The number of carbonyl (C=O) groups is 2. The van der Waals surface area contributed by atoms with Crippen molar-refractivity contribution in [1.82, 2.24) is 30.2 Å². The number of anilines is 2. The molecule has 0 unspecified atom stereocenters. The maximum atomic E-state index is 13.3. The minimum Gasteiger partial charge on any atom is -0.493 e. The van der Waals surface area contributed by atoms with E-state index in [0.717, 1.165) is 44.3 Å². The molecule has 4 aromatic rings. The molecular formula is C28H28Cl2N8O4. The van der Waals surface area contributed by atoms with E-state index in [2.05, 4.69) is 31.1 Å². The standard InChI is InChI=1S/C28H28Cl2N8O4/c1-41-28(40)32-19-14-20(33-24(39)11-8-17-13-18(29)9-10-21(17)38-16-31-36-37-38)25-22(15-19)42-12-6-4-2-3-5-7-23-34-26(25)27(30)35-23/h8-11,13-16H,2-7,12H2,1H3,(H,32,40)(H,33,39)(H,34,35). The molecule has 0 fully saturated rings. The van der Waals surface area contributed by atoms with E-state index in [0.29, 0.717) is 56.4 Å². The van der Waals surface area contributed by atoms with Crippen LogP contribution >= 0.6 is 23.2 Å². The van der Waals surface area contributed by atoms with E-state index < -0.39 is 12.0 Å². The van der Waals surface area contributed by atoms with Crippen molar-refractivity contribution in [3.63, 3.8) is 0 Å². The van der Waals surface area contributed by atoms with Gasteiger partial charge < -0.3 is 19.8 Å². The number of rotatable bonds is 5. The number of imidazole rings is 1. The van der Waals surface area contributed by atoms with Crippen LogP contribution in [-0.2, 0) is 16.0 Å². The van der Waals surface area contributed by atoms with Crippen molar-refractivity contribution in [3.05, 3.63) is 64.3 Å². The first-order valence-corrected chi connectivity index (χ1v) is 14.1. The summed E-state index contributed by atoms with van der Waals surface area (Å²) in [5.74, 6) is 0.674. The minimum absolute atomic E-state index is 0.316. The van der Waals surface area contributed by atoms with Crippen molar-refractivity contribution in [2.75, 3.05) is 24.4 Å². The molecule has 2 aromatic carbocycles. The van der Waals surface area contributed by atoms with Gasteiger partial charge in [0.25, 0.3) is 0 Å². The monoisotopic (exact) mass is 610 g/mol. The Hall–Kier alpha value is -4.42. The fraction of sp³-hybridized carbons (Fsp3) is 0.286. The van der Waals surface area contributed by atoms with Crippen LogP contribution in [0.3, 0.4) is 0 Å². The van der Waals surface area contributed by atoms with Gasteiger partial charge in [-0.2, -0.15) is 4.68 Å². The van der Waals surface area contributed by atoms with Gasteiger partial charge in [0.2, 0.25) is 5.91 Å². The summed E-state index contributed by atoms with van der Waals surface area (Å²) in [6.45, 7) is 0.436. The number of H-pyrrole nitrogens is 1. The fourth-order valence-electron chi connectivity index (χ4n) is 4.58. The second-order valence-corrected chi connectivity index (χ2v) is 10.3. The van der Waals surface area contributed by atoms with Crippen molar-refractivity contribution < 1.29 is 19.1 Å². The third kappa shape index (κ3) is 7.07. The Morgan fingerprint density at radius 2 is 1.93 bits per heavy atom. The molecule has 0 aliphatic carbocycles. The Bertz CT molecular complexity index is 1600. The SMILES string of the molecule is COC(=O)Nc1cc(NC(=O)C=Cc2cc(Cl)ccc2-n2cnnn2)c2c(c1)OCCCCCCCc1nc-2c(Cl)[nH]1. The lowest BCUT2D eigenvalue weighted by Crippen LogP contribution is -2.14. The molecule has 0 saturated heterocycles. The highest BCUT2D eigenvalue weighted by Crippen LogP contribution is 2.42. The van der Waals surface area contributed by atoms with Gasteiger partial charge in [-0.1, -0.05) is 42.5 Å². The van der Waals surface area contributed by atoms with Gasteiger partial charge in [0.05, 0.1) is 30.7 Å².